The summed E-state index contributed by atoms with van der Waals surface area (Å²) in [5, 5.41) is 5.07. The van der Waals surface area contributed by atoms with E-state index in [9.17, 15) is 9.18 Å². The summed E-state index contributed by atoms with van der Waals surface area (Å²) in [6.07, 6.45) is 3.88. The predicted molar refractivity (Wildman–Crippen MR) is 157 cm³/mol. The standard InChI is InChI=1S/C33H28FN3O3/c1-3-11-26-18-24(20-30(39-4-2)31(26)40-22-23-12-10-15-27(34)19-23)21-35-37-32(25-13-6-5-7-14-25)36-29-17-9-8-16-28(29)33(37)38/h3,5-10,12-21H,1,4,11,22H2,2H3. The highest BCUT2D eigenvalue weighted by atomic mass is 19.1. The molecule has 0 atom stereocenters. The Kier molecular flexibility index (Phi) is 8.11. The number of ether oxygens (including phenoxy) is 2. The Hall–Kier alpha value is -5.04. The minimum absolute atomic E-state index is 0.175. The van der Waals surface area contributed by atoms with Crippen molar-refractivity contribution in [3.63, 3.8) is 0 Å². The summed E-state index contributed by atoms with van der Waals surface area (Å²) >= 11 is 0. The topological polar surface area (TPSA) is 65.7 Å². The summed E-state index contributed by atoms with van der Waals surface area (Å²) < 4.78 is 27.1. The maximum Gasteiger partial charge on any atom is 0.282 e. The number of hydrogen-bond donors (Lipinski definition) is 0. The van der Waals surface area contributed by atoms with Gasteiger partial charge in [-0.1, -0.05) is 60.7 Å². The molecule has 0 amide bonds. The van der Waals surface area contributed by atoms with Crippen molar-refractivity contribution in [3.8, 4) is 22.9 Å². The van der Waals surface area contributed by atoms with Crippen LogP contribution in [0.4, 0.5) is 4.39 Å². The van der Waals surface area contributed by atoms with Gasteiger partial charge in [-0.3, -0.25) is 4.79 Å². The zero-order valence-corrected chi connectivity index (χ0v) is 22.1. The fourth-order valence-electron chi connectivity index (χ4n) is 4.40. The van der Waals surface area contributed by atoms with E-state index in [1.165, 1.54) is 16.8 Å². The normalized spacial score (nSPS) is 11.2. The Morgan fingerprint density at radius 2 is 1.77 bits per heavy atom. The van der Waals surface area contributed by atoms with Gasteiger partial charge in [0.25, 0.3) is 5.56 Å². The van der Waals surface area contributed by atoms with E-state index in [1.54, 1.807) is 36.6 Å². The first-order valence-electron chi connectivity index (χ1n) is 13.0. The van der Waals surface area contributed by atoms with Gasteiger partial charge < -0.3 is 9.47 Å². The number of benzene rings is 4. The van der Waals surface area contributed by atoms with Crippen LogP contribution in [-0.4, -0.2) is 22.5 Å². The lowest BCUT2D eigenvalue weighted by molar-refractivity contribution is 0.267. The number of rotatable bonds is 10. The molecule has 5 aromatic rings. The fourth-order valence-corrected chi connectivity index (χ4v) is 4.40. The van der Waals surface area contributed by atoms with Gasteiger partial charge >= 0.3 is 0 Å². The molecule has 0 bridgehead atoms. The van der Waals surface area contributed by atoms with Gasteiger partial charge in [-0.15, -0.1) is 6.58 Å². The first-order chi connectivity index (χ1) is 19.6. The van der Waals surface area contributed by atoms with Crippen LogP contribution in [0.3, 0.4) is 0 Å². The molecule has 7 heteroatoms. The molecule has 0 N–H and O–H groups in total. The third-order valence-corrected chi connectivity index (χ3v) is 6.20. The molecular weight excluding hydrogens is 505 g/mol. The van der Waals surface area contributed by atoms with Gasteiger partial charge in [-0.25, -0.2) is 9.37 Å². The van der Waals surface area contributed by atoms with E-state index >= 15 is 0 Å². The molecule has 40 heavy (non-hydrogen) atoms. The van der Waals surface area contributed by atoms with E-state index in [0.717, 1.165) is 11.1 Å². The summed E-state index contributed by atoms with van der Waals surface area (Å²) in [6, 6.07) is 26.7. The maximum absolute atomic E-state index is 13.7. The largest absolute Gasteiger partial charge is 0.490 e. The summed E-state index contributed by atoms with van der Waals surface area (Å²) in [7, 11) is 0. The van der Waals surface area contributed by atoms with Crippen molar-refractivity contribution in [1.29, 1.82) is 0 Å². The lowest BCUT2D eigenvalue weighted by Gasteiger charge is -2.17. The van der Waals surface area contributed by atoms with Crippen molar-refractivity contribution in [2.24, 2.45) is 5.10 Å². The van der Waals surface area contributed by atoms with Crippen LogP contribution >= 0.6 is 0 Å². The van der Waals surface area contributed by atoms with Crippen molar-refractivity contribution in [2.75, 3.05) is 6.61 Å². The SMILES string of the molecule is C=CCc1cc(C=Nn2c(-c3ccccc3)nc3ccccc3c2=O)cc(OCC)c1OCc1cccc(F)c1. The van der Waals surface area contributed by atoms with E-state index in [4.69, 9.17) is 14.5 Å². The van der Waals surface area contributed by atoms with Crippen LogP contribution in [0.25, 0.3) is 22.3 Å². The average Bonchev–Trinajstić information content (AvgIpc) is 2.97. The second-order valence-electron chi connectivity index (χ2n) is 9.03. The highest BCUT2D eigenvalue weighted by Gasteiger charge is 2.15. The minimum atomic E-state index is -0.322. The molecule has 0 aliphatic heterocycles. The Bertz CT molecular complexity index is 1750. The molecule has 6 nitrogen and oxygen atoms in total. The zero-order chi connectivity index (χ0) is 27.9. The third kappa shape index (κ3) is 5.83. The molecule has 4 aromatic carbocycles. The zero-order valence-electron chi connectivity index (χ0n) is 22.1. The molecular formula is C33H28FN3O3. The van der Waals surface area contributed by atoms with Crippen LogP contribution in [0, 0.1) is 5.82 Å². The smallest absolute Gasteiger partial charge is 0.282 e. The van der Waals surface area contributed by atoms with Gasteiger partial charge in [-0.05, 0) is 60.9 Å². The van der Waals surface area contributed by atoms with E-state index in [1.807, 2.05) is 61.5 Å². The van der Waals surface area contributed by atoms with Gasteiger partial charge in [0.2, 0.25) is 0 Å². The number of nitrogens with zero attached hydrogens (tertiary/aromatic N) is 3. The highest BCUT2D eigenvalue weighted by molar-refractivity contribution is 5.83. The maximum atomic E-state index is 13.7. The van der Waals surface area contributed by atoms with Crippen molar-refractivity contribution >= 4 is 17.1 Å². The minimum Gasteiger partial charge on any atom is -0.490 e. The summed E-state index contributed by atoms with van der Waals surface area (Å²) in [6.45, 7) is 6.35. The lowest BCUT2D eigenvalue weighted by Crippen LogP contribution is -2.20. The Balaban J connectivity index is 1.57. The first-order valence-corrected chi connectivity index (χ1v) is 13.0. The van der Waals surface area contributed by atoms with Gasteiger partial charge in [0, 0.05) is 11.1 Å². The molecule has 0 fully saturated rings. The molecule has 1 heterocycles. The van der Waals surface area contributed by atoms with Crippen molar-refractivity contribution in [2.45, 2.75) is 20.0 Å². The predicted octanol–water partition coefficient (Wildman–Crippen LogP) is 6.79. The van der Waals surface area contributed by atoms with Crippen LogP contribution < -0.4 is 15.0 Å². The third-order valence-electron chi connectivity index (χ3n) is 6.20. The molecule has 5 rings (SSSR count). The molecule has 0 radical (unpaired) electrons. The Morgan fingerprint density at radius 1 is 0.975 bits per heavy atom. The van der Waals surface area contributed by atoms with E-state index in [2.05, 4.69) is 11.7 Å². The first kappa shape index (κ1) is 26.6. The number of hydrogen-bond acceptors (Lipinski definition) is 5. The highest BCUT2D eigenvalue weighted by Crippen LogP contribution is 2.34. The Morgan fingerprint density at radius 3 is 2.55 bits per heavy atom. The average molecular weight is 534 g/mol. The fraction of sp³-hybridized carbons (Fsp3) is 0.121. The van der Waals surface area contributed by atoms with Gasteiger partial charge in [-0.2, -0.15) is 9.78 Å². The number of halogens is 1. The lowest BCUT2D eigenvalue weighted by atomic mass is 10.1. The second kappa shape index (κ2) is 12.2. The van der Waals surface area contributed by atoms with Gasteiger partial charge in [0.15, 0.2) is 17.3 Å². The summed E-state index contributed by atoms with van der Waals surface area (Å²) in [5.41, 5.74) is 3.33. The molecule has 0 saturated heterocycles. The van der Waals surface area contributed by atoms with E-state index in [-0.39, 0.29) is 18.0 Å². The number of aromatic nitrogens is 2. The molecule has 0 aliphatic rings. The van der Waals surface area contributed by atoms with Crippen molar-refractivity contribution < 1.29 is 13.9 Å². The van der Waals surface area contributed by atoms with Crippen LogP contribution in [0.5, 0.6) is 11.5 Å². The molecule has 0 unspecified atom stereocenters. The van der Waals surface area contributed by atoms with Crippen molar-refractivity contribution in [3.05, 3.63) is 137 Å². The van der Waals surface area contributed by atoms with E-state index < -0.39 is 0 Å². The quantitative estimate of drug-likeness (QED) is 0.146. The number of fused-ring (bicyclic) bond motifs is 1. The monoisotopic (exact) mass is 533 g/mol. The summed E-state index contributed by atoms with van der Waals surface area (Å²) in [4.78, 5) is 18.3. The van der Waals surface area contributed by atoms with Crippen LogP contribution in [0.2, 0.25) is 0 Å². The molecule has 200 valence electrons. The van der Waals surface area contributed by atoms with E-state index in [0.29, 0.717) is 52.4 Å². The second-order valence-corrected chi connectivity index (χ2v) is 9.03. The molecule has 0 aliphatic carbocycles. The van der Waals surface area contributed by atoms with Gasteiger partial charge in [0.05, 0.1) is 23.7 Å². The van der Waals surface area contributed by atoms with Crippen LogP contribution in [0.1, 0.15) is 23.6 Å². The van der Waals surface area contributed by atoms with Crippen LogP contribution in [-0.2, 0) is 13.0 Å². The van der Waals surface area contributed by atoms with Gasteiger partial charge in [0.1, 0.15) is 12.4 Å². The molecule has 0 saturated carbocycles. The van der Waals surface area contributed by atoms with Crippen molar-refractivity contribution in [1.82, 2.24) is 9.66 Å². The van der Waals surface area contributed by atoms with Crippen LogP contribution in [0.15, 0.2) is 114 Å². The molecule has 0 spiro atoms. The Labute approximate surface area is 231 Å². The molecule has 1 aromatic heterocycles. The number of allylic oxidation sites excluding steroid dienone is 1. The number of para-hydroxylation sites is 1. The summed E-state index contributed by atoms with van der Waals surface area (Å²) in [5.74, 6) is 1.19.